The number of carboxylic acids is 1. The highest BCUT2D eigenvalue weighted by atomic mass is 16.4. The molecule has 4 aromatic rings. The minimum atomic E-state index is -0.955. The summed E-state index contributed by atoms with van der Waals surface area (Å²) in [6.07, 6.45) is 2.24. The van der Waals surface area contributed by atoms with Crippen molar-refractivity contribution in [3.63, 3.8) is 0 Å². The first kappa shape index (κ1) is 18.2. The summed E-state index contributed by atoms with van der Waals surface area (Å²) in [5.74, 6) is -0.468. The molecule has 150 valence electrons. The lowest BCUT2D eigenvalue weighted by molar-refractivity contribution is 0.0698. The number of imidazole rings is 1. The van der Waals surface area contributed by atoms with Gasteiger partial charge < -0.3 is 10.4 Å². The second kappa shape index (κ2) is 6.91. The van der Waals surface area contributed by atoms with E-state index in [1.807, 2.05) is 60.7 Å². The van der Waals surface area contributed by atoms with Gasteiger partial charge in [0.05, 0.1) is 28.0 Å². The third kappa shape index (κ3) is 3.06. The largest absolute Gasteiger partial charge is 0.478 e. The number of fused-ring (bicyclic) bond motifs is 1. The molecule has 0 aliphatic heterocycles. The summed E-state index contributed by atoms with van der Waals surface area (Å²) in [4.78, 5) is 24.6. The lowest BCUT2D eigenvalue weighted by Crippen LogP contribution is -2.20. The maximum Gasteiger partial charge on any atom is 0.337 e. The fourth-order valence-electron chi connectivity index (χ4n) is 3.92. The number of aryl methyl sites for hydroxylation is 1. The minimum Gasteiger partial charge on any atom is -0.478 e. The molecule has 3 aromatic carbocycles. The van der Waals surface area contributed by atoms with Crippen LogP contribution in [-0.2, 0) is 7.05 Å². The summed E-state index contributed by atoms with van der Waals surface area (Å²) in [6.45, 7) is 0. The Morgan fingerprint density at radius 3 is 2.47 bits per heavy atom. The Balaban J connectivity index is 1.56. The van der Waals surface area contributed by atoms with Crippen LogP contribution in [0.4, 0.5) is 11.4 Å². The topological polar surface area (TPSA) is 76.3 Å². The third-order valence-electron chi connectivity index (χ3n) is 5.67. The fourth-order valence-corrected chi connectivity index (χ4v) is 3.92. The number of aromatic carboxylic acids is 1. The predicted molar refractivity (Wildman–Crippen MR) is 117 cm³/mol. The maximum absolute atomic E-state index is 12.8. The molecule has 1 aliphatic rings. The molecule has 0 bridgehead atoms. The van der Waals surface area contributed by atoms with E-state index in [2.05, 4.69) is 5.32 Å². The number of nitrogens with zero attached hydrogens (tertiary/aromatic N) is 2. The van der Waals surface area contributed by atoms with E-state index in [1.165, 1.54) is 0 Å². The van der Waals surface area contributed by atoms with Crippen molar-refractivity contribution in [2.24, 2.45) is 7.05 Å². The molecule has 6 nitrogen and oxygen atoms in total. The Kier molecular flexibility index (Phi) is 4.20. The summed E-state index contributed by atoms with van der Waals surface area (Å²) in [6, 6.07) is 20.7. The number of aromatic nitrogens is 2. The monoisotopic (exact) mass is 399 g/mol. The molecule has 0 atom stereocenters. The summed E-state index contributed by atoms with van der Waals surface area (Å²) in [5, 5.41) is 12.9. The van der Waals surface area contributed by atoms with Crippen molar-refractivity contribution in [3.05, 3.63) is 88.3 Å². The molecule has 1 aromatic heterocycles. The van der Waals surface area contributed by atoms with Gasteiger partial charge in [-0.05, 0) is 66.8 Å². The SMILES string of the molecule is Cn1c(=O)n(-c2ccccc2)c2ccc(Nc3ccc(C4CC4)cc3C(=O)O)cc21. The molecule has 0 saturated heterocycles. The van der Waals surface area contributed by atoms with Gasteiger partial charge in [0.2, 0.25) is 0 Å². The number of rotatable bonds is 5. The van der Waals surface area contributed by atoms with Crippen molar-refractivity contribution < 1.29 is 9.90 Å². The number of anilines is 2. The highest BCUT2D eigenvalue weighted by Gasteiger charge is 2.25. The average Bonchev–Trinajstić information content (AvgIpc) is 3.57. The summed E-state index contributed by atoms with van der Waals surface area (Å²) in [7, 11) is 1.74. The van der Waals surface area contributed by atoms with Crippen molar-refractivity contribution in [2.75, 3.05) is 5.32 Å². The Bertz CT molecular complexity index is 1330. The smallest absolute Gasteiger partial charge is 0.337 e. The molecule has 0 amide bonds. The van der Waals surface area contributed by atoms with Crippen molar-refractivity contribution in [1.82, 2.24) is 9.13 Å². The first-order valence-corrected chi connectivity index (χ1v) is 9.94. The van der Waals surface area contributed by atoms with Gasteiger partial charge in [0.15, 0.2) is 0 Å². The highest BCUT2D eigenvalue weighted by Crippen LogP contribution is 2.41. The molecule has 0 spiro atoms. The van der Waals surface area contributed by atoms with Crippen LogP contribution in [0.5, 0.6) is 0 Å². The molecule has 0 radical (unpaired) electrons. The standard InChI is InChI=1S/C24H21N3O3/c1-26-22-14-17(10-12-21(22)27(24(26)30)18-5-3-2-4-6-18)25-20-11-9-16(15-7-8-15)13-19(20)23(28)29/h2-6,9-15,25H,7-8H2,1H3,(H,28,29). The average molecular weight is 399 g/mol. The molecule has 2 N–H and O–H groups in total. The van der Waals surface area contributed by atoms with E-state index in [-0.39, 0.29) is 11.3 Å². The number of hydrogen-bond acceptors (Lipinski definition) is 3. The number of benzene rings is 3. The van der Waals surface area contributed by atoms with Gasteiger partial charge in [-0.1, -0.05) is 24.3 Å². The van der Waals surface area contributed by atoms with E-state index < -0.39 is 5.97 Å². The van der Waals surface area contributed by atoms with E-state index in [1.54, 1.807) is 22.2 Å². The van der Waals surface area contributed by atoms with Crippen LogP contribution in [0.2, 0.25) is 0 Å². The molecule has 1 heterocycles. The molecular weight excluding hydrogens is 378 g/mol. The summed E-state index contributed by atoms with van der Waals surface area (Å²) < 4.78 is 3.27. The van der Waals surface area contributed by atoms with Gasteiger partial charge in [-0.2, -0.15) is 0 Å². The molecule has 1 fully saturated rings. The van der Waals surface area contributed by atoms with Crippen molar-refractivity contribution in [1.29, 1.82) is 0 Å². The maximum atomic E-state index is 12.8. The number of hydrogen-bond donors (Lipinski definition) is 2. The highest BCUT2D eigenvalue weighted by molar-refractivity contribution is 5.96. The number of carbonyl (C=O) groups is 1. The van der Waals surface area contributed by atoms with E-state index in [0.29, 0.717) is 11.6 Å². The molecule has 5 rings (SSSR count). The Morgan fingerprint density at radius 2 is 1.77 bits per heavy atom. The van der Waals surface area contributed by atoms with E-state index in [0.717, 1.165) is 40.8 Å². The van der Waals surface area contributed by atoms with Crippen LogP contribution >= 0.6 is 0 Å². The van der Waals surface area contributed by atoms with Crippen molar-refractivity contribution in [3.8, 4) is 5.69 Å². The zero-order valence-electron chi connectivity index (χ0n) is 16.5. The van der Waals surface area contributed by atoms with Crippen LogP contribution in [0.3, 0.4) is 0 Å². The molecule has 6 heteroatoms. The van der Waals surface area contributed by atoms with Gasteiger partial charge in [-0.25, -0.2) is 9.59 Å². The van der Waals surface area contributed by atoms with Gasteiger partial charge in [0.1, 0.15) is 0 Å². The summed E-state index contributed by atoms with van der Waals surface area (Å²) in [5.41, 5.74) is 4.84. The Labute approximate surface area is 173 Å². The summed E-state index contributed by atoms with van der Waals surface area (Å²) >= 11 is 0. The van der Waals surface area contributed by atoms with E-state index in [9.17, 15) is 14.7 Å². The van der Waals surface area contributed by atoms with Crippen LogP contribution in [0.15, 0.2) is 71.5 Å². The minimum absolute atomic E-state index is 0.131. The number of para-hydroxylation sites is 1. The molecule has 1 aliphatic carbocycles. The number of nitrogens with one attached hydrogen (secondary N) is 1. The second-order valence-electron chi connectivity index (χ2n) is 7.73. The zero-order valence-corrected chi connectivity index (χ0v) is 16.5. The molecule has 1 saturated carbocycles. The van der Waals surface area contributed by atoms with Gasteiger partial charge >= 0.3 is 11.7 Å². The first-order valence-electron chi connectivity index (χ1n) is 9.94. The Hall–Kier alpha value is -3.80. The van der Waals surface area contributed by atoms with Gasteiger partial charge in [-0.15, -0.1) is 0 Å². The fraction of sp³-hybridized carbons (Fsp3) is 0.167. The van der Waals surface area contributed by atoms with Gasteiger partial charge in [0, 0.05) is 12.7 Å². The Morgan fingerprint density at radius 1 is 1.00 bits per heavy atom. The lowest BCUT2D eigenvalue weighted by Gasteiger charge is -2.12. The number of carboxylic acid groups (broad SMARTS) is 1. The van der Waals surface area contributed by atoms with Crippen LogP contribution in [0, 0.1) is 0 Å². The molecular formula is C24H21N3O3. The van der Waals surface area contributed by atoms with Crippen molar-refractivity contribution in [2.45, 2.75) is 18.8 Å². The second-order valence-corrected chi connectivity index (χ2v) is 7.73. The quantitative estimate of drug-likeness (QED) is 0.512. The normalized spacial score (nSPS) is 13.5. The van der Waals surface area contributed by atoms with Crippen LogP contribution in [-0.4, -0.2) is 20.2 Å². The van der Waals surface area contributed by atoms with Gasteiger partial charge in [0.25, 0.3) is 0 Å². The van der Waals surface area contributed by atoms with Crippen molar-refractivity contribution >= 4 is 28.4 Å². The van der Waals surface area contributed by atoms with Crippen LogP contribution < -0.4 is 11.0 Å². The predicted octanol–water partition coefficient (Wildman–Crippen LogP) is 4.65. The lowest BCUT2D eigenvalue weighted by atomic mass is 10.0. The molecule has 30 heavy (non-hydrogen) atoms. The van der Waals surface area contributed by atoms with Crippen LogP contribution in [0.1, 0.15) is 34.7 Å². The zero-order chi connectivity index (χ0) is 20.8. The van der Waals surface area contributed by atoms with Gasteiger partial charge in [-0.3, -0.25) is 9.13 Å². The van der Waals surface area contributed by atoms with Crippen LogP contribution in [0.25, 0.3) is 16.7 Å². The third-order valence-corrected chi connectivity index (χ3v) is 5.67. The first-order chi connectivity index (χ1) is 14.5. The van der Waals surface area contributed by atoms with E-state index in [4.69, 9.17) is 0 Å². The van der Waals surface area contributed by atoms with E-state index >= 15 is 0 Å². The molecule has 0 unspecified atom stereocenters.